The van der Waals surface area contributed by atoms with Crippen LogP contribution in [0.1, 0.15) is 36.4 Å². The largest absolute Gasteiger partial charge is 0.493 e. The van der Waals surface area contributed by atoms with E-state index in [-0.39, 0.29) is 11.4 Å². The number of ether oxygens (including phenoxy) is 3. The number of hydrogen-bond acceptors (Lipinski definition) is 7. The van der Waals surface area contributed by atoms with Gasteiger partial charge in [-0.25, -0.2) is 0 Å². The molecule has 7 nitrogen and oxygen atoms in total. The van der Waals surface area contributed by atoms with Gasteiger partial charge in [-0.05, 0) is 75.9 Å². The summed E-state index contributed by atoms with van der Waals surface area (Å²) >= 11 is 1.49. The van der Waals surface area contributed by atoms with Crippen LogP contribution in [0.25, 0.3) is 10.4 Å². The van der Waals surface area contributed by atoms with Gasteiger partial charge in [0, 0.05) is 36.7 Å². The summed E-state index contributed by atoms with van der Waals surface area (Å²) in [5.74, 6) is 1.40. The molecular formula is C26H39N3O4S. The fourth-order valence-corrected chi connectivity index (χ4v) is 5.16. The monoisotopic (exact) mass is 489 g/mol. The molecule has 0 spiro atoms. The first kappa shape index (κ1) is 26.5. The number of hydrogen-bond donors (Lipinski definition) is 1. The van der Waals surface area contributed by atoms with Crippen molar-refractivity contribution in [1.29, 1.82) is 0 Å². The maximum Gasteiger partial charge on any atom is 0.261 e. The Labute approximate surface area is 208 Å². The molecule has 0 saturated carbocycles. The molecule has 1 aliphatic rings. The number of methoxy groups -OCH3 is 1. The van der Waals surface area contributed by atoms with E-state index in [9.17, 15) is 4.79 Å². The fourth-order valence-electron chi connectivity index (χ4n) is 4.25. The molecule has 2 aromatic rings. The van der Waals surface area contributed by atoms with Gasteiger partial charge in [0.15, 0.2) is 11.5 Å². The Balaban J connectivity index is 1.63. The van der Waals surface area contributed by atoms with Crippen LogP contribution in [0.15, 0.2) is 30.3 Å². The van der Waals surface area contributed by atoms with Gasteiger partial charge in [0.05, 0.1) is 12.0 Å². The predicted octanol–water partition coefficient (Wildman–Crippen LogP) is 3.98. The normalized spacial score (nSPS) is 15.5. The van der Waals surface area contributed by atoms with E-state index in [1.165, 1.54) is 11.3 Å². The molecule has 8 heteroatoms. The second-order valence-electron chi connectivity index (χ2n) is 8.82. The smallest absolute Gasteiger partial charge is 0.261 e. The minimum atomic E-state index is -0.0531. The Hall–Kier alpha value is -2.13. The van der Waals surface area contributed by atoms with Crippen molar-refractivity contribution in [3.63, 3.8) is 0 Å². The summed E-state index contributed by atoms with van der Waals surface area (Å²) in [6.45, 7) is 9.89. The number of benzene rings is 1. The summed E-state index contributed by atoms with van der Waals surface area (Å²) in [4.78, 5) is 19.2. The Kier molecular flexibility index (Phi) is 9.76. The number of carbonyl (C=O) groups is 1. The van der Waals surface area contributed by atoms with Gasteiger partial charge in [0.2, 0.25) is 0 Å². The lowest BCUT2D eigenvalue weighted by atomic mass is 9.88. The van der Waals surface area contributed by atoms with Crippen molar-refractivity contribution in [1.82, 2.24) is 15.1 Å². The molecule has 1 aromatic carbocycles. The zero-order valence-electron chi connectivity index (χ0n) is 21.2. The van der Waals surface area contributed by atoms with Gasteiger partial charge in [0.1, 0.15) is 6.61 Å². The quantitative estimate of drug-likeness (QED) is 0.487. The van der Waals surface area contributed by atoms with Gasteiger partial charge in [-0.2, -0.15) is 0 Å². The fraction of sp³-hybridized carbons (Fsp3) is 0.577. The summed E-state index contributed by atoms with van der Waals surface area (Å²) < 4.78 is 17.1. The number of nitrogens with one attached hydrogen (secondary N) is 1. The topological polar surface area (TPSA) is 63.3 Å². The highest BCUT2D eigenvalue weighted by Crippen LogP contribution is 2.35. The van der Waals surface area contributed by atoms with Crippen LogP contribution in [0.2, 0.25) is 0 Å². The molecule has 1 amide bonds. The van der Waals surface area contributed by atoms with Crippen molar-refractivity contribution in [3.8, 4) is 21.9 Å². The van der Waals surface area contributed by atoms with Crippen molar-refractivity contribution in [2.45, 2.75) is 32.2 Å². The van der Waals surface area contributed by atoms with Crippen LogP contribution in [0.4, 0.5) is 0 Å². The zero-order chi connectivity index (χ0) is 24.6. The number of amides is 1. The highest BCUT2D eigenvalue weighted by molar-refractivity contribution is 7.17. The molecule has 0 aliphatic carbocycles. The standard InChI is InChI=1S/C26H39N3O4S/c1-6-29(7-2)14-17-33-21-9-8-20(18-22(21)31-5)23-10-11-24(34-23)25(30)27-19-26(28(3)4)12-15-32-16-13-26/h8-11,18H,6-7,12-17,19H2,1-5H3,(H,27,30). The molecule has 1 N–H and O–H groups in total. The third-order valence-corrected chi connectivity index (χ3v) is 7.92. The van der Waals surface area contributed by atoms with E-state index < -0.39 is 0 Å². The second kappa shape index (κ2) is 12.5. The molecule has 0 unspecified atom stereocenters. The third-order valence-electron chi connectivity index (χ3n) is 6.79. The first-order valence-electron chi connectivity index (χ1n) is 12.1. The summed E-state index contributed by atoms with van der Waals surface area (Å²) in [7, 11) is 5.80. The molecular weight excluding hydrogens is 450 g/mol. The van der Waals surface area contributed by atoms with Crippen LogP contribution in [0, 0.1) is 0 Å². The van der Waals surface area contributed by atoms with Crippen molar-refractivity contribution in [2.75, 3.05) is 67.2 Å². The van der Waals surface area contributed by atoms with Crippen LogP contribution in [-0.4, -0.2) is 88.5 Å². The average Bonchev–Trinajstić information content (AvgIpc) is 3.36. The number of carbonyl (C=O) groups excluding carboxylic acids is 1. The molecule has 34 heavy (non-hydrogen) atoms. The Morgan fingerprint density at radius 3 is 2.50 bits per heavy atom. The molecule has 0 radical (unpaired) electrons. The molecule has 0 atom stereocenters. The third kappa shape index (κ3) is 6.50. The van der Waals surface area contributed by atoms with E-state index in [1.54, 1.807) is 7.11 Å². The number of thiophene rings is 1. The molecule has 3 rings (SSSR count). The number of likely N-dealkylation sites (N-methyl/N-ethyl adjacent to an activating group) is 2. The first-order valence-corrected chi connectivity index (χ1v) is 12.9. The minimum Gasteiger partial charge on any atom is -0.493 e. The summed E-state index contributed by atoms with van der Waals surface area (Å²) in [5.41, 5.74) is 0.953. The van der Waals surface area contributed by atoms with E-state index >= 15 is 0 Å². The predicted molar refractivity (Wildman–Crippen MR) is 138 cm³/mol. The Bertz CT molecular complexity index is 921. The highest BCUT2D eigenvalue weighted by atomic mass is 32.1. The molecule has 0 bridgehead atoms. The van der Waals surface area contributed by atoms with Crippen LogP contribution in [0.5, 0.6) is 11.5 Å². The van der Waals surface area contributed by atoms with E-state index in [1.807, 2.05) is 30.3 Å². The summed E-state index contributed by atoms with van der Waals surface area (Å²) in [5, 5.41) is 3.15. The van der Waals surface area contributed by atoms with Gasteiger partial charge < -0.3 is 29.3 Å². The molecule has 1 saturated heterocycles. The molecule has 1 fully saturated rings. The second-order valence-corrected chi connectivity index (χ2v) is 9.90. The number of nitrogens with zero attached hydrogens (tertiary/aromatic N) is 2. The van der Waals surface area contributed by atoms with E-state index in [0.29, 0.717) is 23.8 Å². The summed E-state index contributed by atoms with van der Waals surface area (Å²) in [6, 6.07) is 9.82. The first-order chi connectivity index (χ1) is 16.4. The van der Waals surface area contributed by atoms with Gasteiger partial charge in [-0.1, -0.05) is 13.8 Å². The molecule has 1 aromatic heterocycles. The summed E-state index contributed by atoms with van der Waals surface area (Å²) in [6.07, 6.45) is 1.83. The molecule has 188 valence electrons. The van der Waals surface area contributed by atoms with Crippen molar-refractivity contribution in [2.24, 2.45) is 0 Å². The SMILES string of the molecule is CCN(CC)CCOc1ccc(-c2ccc(C(=O)NCC3(N(C)C)CCOCC3)s2)cc1OC. The molecule has 2 heterocycles. The van der Waals surface area contributed by atoms with Crippen LogP contribution >= 0.6 is 11.3 Å². The zero-order valence-corrected chi connectivity index (χ0v) is 22.0. The van der Waals surface area contributed by atoms with E-state index in [2.05, 4.69) is 43.1 Å². The van der Waals surface area contributed by atoms with Gasteiger partial charge in [-0.3, -0.25) is 4.79 Å². The average molecular weight is 490 g/mol. The minimum absolute atomic E-state index is 0.0349. The maximum atomic E-state index is 12.9. The Morgan fingerprint density at radius 1 is 1.12 bits per heavy atom. The van der Waals surface area contributed by atoms with Gasteiger partial charge in [0.25, 0.3) is 5.91 Å². The lowest BCUT2D eigenvalue weighted by molar-refractivity contribution is -0.00656. The Morgan fingerprint density at radius 2 is 1.85 bits per heavy atom. The van der Waals surface area contributed by atoms with Crippen molar-refractivity contribution in [3.05, 3.63) is 35.2 Å². The van der Waals surface area contributed by atoms with E-state index in [0.717, 1.165) is 61.9 Å². The van der Waals surface area contributed by atoms with Crippen LogP contribution in [0.3, 0.4) is 0 Å². The van der Waals surface area contributed by atoms with E-state index in [4.69, 9.17) is 14.2 Å². The lowest BCUT2D eigenvalue weighted by Gasteiger charge is -2.42. The molecule has 1 aliphatic heterocycles. The highest BCUT2D eigenvalue weighted by Gasteiger charge is 2.35. The number of rotatable bonds is 12. The van der Waals surface area contributed by atoms with Crippen LogP contribution < -0.4 is 14.8 Å². The van der Waals surface area contributed by atoms with Crippen LogP contribution in [-0.2, 0) is 4.74 Å². The van der Waals surface area contributed by atoms with Gasteiger partial charge in [-0.15, -0.1) is 11.3 Å². The van der Waals surface area contributed by atoms with Gasteiger partial charge >= 0.3 is 0 Å². The lowest BCUT2D eigenvalue weighted by Crippen LogP contribution is -2.55. The van der Waals surface area contributed by atoms with Crippen molar-refractivity contribution < 1.29 is 19.0 Å². The van der Waals surface area contributed by atoms with Crippen molar-refractivity contribution >= 4 is 17.2 Å². The maximum absolute atomic E-state index is 12.9.